The van der Waals surface area contributed by atoms with E-state index in [1.165, 1.54) is 12.1 Å². The maximum absolute atomic E-state index is 13.7. The quantitative estimate of drug-likeness (QED) is 0.319. The van der Waals surface area contributed by atoms with E-state index in [0.29, 0.717) is 40.3 Å². The Bertz CT molecular complexity index is 1310. The van der Waals surface area contributed by atoms with Crippen LogP contribution in [0.4, 0.5) is 5.69 Å². The molecular weight excluding hydrogens is 476 g/mol. The Morgan fingerprint density at radius 2 is 1.68 bits per heavy atom. The van der Waals surface area contributed by atoms with Crippen LogP contribution in [-0.2, 0) is 14.3 Å². The van der Waals surface area contributed by atoms with Crippen LogP contribution < -0.4 is 14.8 Å². The second kappa shape index (κ2) is 10.5. The molecule has 0 amide bonds. The molecule has 0 unspecified atom stereocenters. The smallest absolute Gasteiger partial charge is 0.337 e. The number of ether oxygens (including phenoxy) is 3. The van der Waals surface area contributed by atoms with Gasteiger partial charge in [0, 0.05) is 41.4 Å². The molecule has 9 heteroatoms. The molecule has 1 heterocycles. The second-order valence-corrected chi connectivity index (χ2v) is 9.43. The van der Waals surface area contributed by atoms with Crippen LogP contribution in [0.5, 0.6) is 11.5 Å². The number of nitrogens with zero attached hydrogens (tertiary/aromatic N) is 1. The second-order valence-electron chi connectivity index (χ2n) is 9.43. The number of rotatable bonds is 7. The van der Waals surface area contributed by atoms with E-state index in [2.05, 4.69) is 5.32 Å². The molecule has 1 aliphatic carbocycles. The van der Waals surface area contributed by atoms with E-state index in [1.54, 1.807) is 47.1 Å². The molecule has 1 aliphatic heterocycles. The highest BCUT2D eigenvalue weighted by atomic mass is 16.6. The van der Waals surface area contributed by atoms with Crippen molar-refractivity contribution >= 4 is 17.4 Å². The summed E-state index contributed by atoms with van der Waals surface area (Å²) in [6.07, 6.45) is 0.437. The third-order valence-corrected chi connectivity index (χ3v) is 6.71. The van der Waals surface area contributed by atoms with E-state index < -0.39 is 16.8 Å². The van der Waals surface area contributed by atoms with Crippen LogP contribution in [0.3, 0.4) is 0 Å². The number of allylic oxidation sites excluding steroid dienone is 3. The molecule has 37 heavy (non-hydrogen) atoms. The van der Waals surface area contributed by atoms with E-state index in [-0.39, 0.29) is 29.9 Å². The van der Waals surface area contributed by atoms with Gasteiger partial charge in [0.1, 0.15) is 0 Å². The van der Waals surface area contributed by atoms with Gasteiger partial charge in [-0.1, -0.05) is 18.2 Å². The number of dihydropyridines is 1. The highest BCUT2D eigenvalue weighted by Gasteiger charge is 2.41. The molecule has 0 radical (unpaired) electrons. The van der Waals surface area contributed by atoms with Crippen molar-refractivity contribution in [3.63, 3.8) is 0 Å². The lowest BCUT2D eigenvalue weighted by atomic mass is 9.71. The van der Waals surface area contributed by atoms with Crippen molar-refractivity contribution in [2.45, 2.75) is 51.6 Å². The van der Waals surface area contributed by atoms with E-state index in [4.69, 9.17) is 14.2 Å². The first kappa shape index (κ1) is 25.9. The third-order valence-electron chi connectivity index (χ3n) is 6.71. The number of Topliss-reactive ketones (excluding diaryl/α,β-unsaturated/α-hetero) is 1. The van der Waals surface area contributed by atoms with Crippen LogP contribution in [-0.4, -0.2) is 37.0 Å². The largest absolute Gasteiger partial charge is 0.493 e. The van der Waals surface area contributed by atoms with Crippen molar-refractivity contribution < 1.29 is 28.7 Å². The van der Waals surface area contributed by atoms with Crippen LogP contribution in [0.1, 0.15) is 56.6 Å². The lowest BCUT2D eigenvalue weighted by Gasteiger charge is -2.37. The molecule has 0 fully saturated rings. The fraction of sp³-hybridized carbons (Fsp3) is 0.357. The van der Waals surface area contributed by atoms with Crippen molar-refractivity contribution in [1.82, 2.24) is 5.32 Å². The number of nitrogens with one attached hydrogen (secondary N) is 1. The summed E-state index contributed by atoms with van der Waals surface area (Å²) in [5, 5.41) is 14.5. The fourth-order valence-electron chi connectivity index (χ4n) is 5.05. The van der Waals surface area contributed by atoms with Gasteiger partial charge in [-0.25, -0.2) is 4.79 Å². The molecule has 0 spiro atoms. The van der Waals surface area contributed by atoms with Gasteiger partial charge in [0.2, 0.25) is 0 Å². The number of methoxy groups -OCH3 is 2. The van der Waals surface area contributed by atoms with Gasteiger partial charge in [0.15, 0.2) is 17.3 Å². The molecule has 0 bridgehead atoms. The molecule has 2 aromatic carbocycles. The normalized spacial score (nSPS) is 19.4. The zero-order valence-corrected chi connectivity index (χ0v) is 21.5. The Hall–Kier alpha value is -4.14. The number of hydrogen-bond donors (Lipinski definition) is 1. The topological polar surface area (TPSA) is 117 Å². The third kappa shape index (κ3) is 5.07. The first-order chi connectivity index (χ1) is 17.6. The number of benzene rings is 2. The van der Waals surface area contributed by atoms with Crippen LogP contribution in [0.2, 0.25) is 0 Å². The summed E-state index contributed by atoms with van der Waals surface area (Å²) in [6.45, 7) is 5.30. The molecule has 4 rings (SSSR count). The number of non-ortho nitro benzene ring substituents is 1. The summed E-state index contributed by atoms with van der Waals surface area (Å²) >= 11 is 0. The van der Waals surface area contributed by atoms with Crippen molar-refractivity contribution in [3.8, 4) is 11.5 Å². The van der Waals surface area contributed by atoms with Gasteiger partial charge in [-0.15, -0.1) is 0 Å². The molecule has 0 aromatic heterocycles. The molecule has 2 aromatic rings. The predicted octanol–water partition coefficient (Wildman–Crippen LogP) is 4.93. The van der Waals surface area contributed by atoms with Crippen molar-refractivity contribution in [1.29, 1.82) is 0 Å². The van der Waals surface area contributed by atoms with Gasteiger partial charge in [-0.3, -0.25) is 14.9 Å². The van der Waals surface area contributed by atoms with E-state index in [9.17, 15) is 19.7 Å². The maximum atomic E-state index is 13.7. The molecule has 0 saturated carbocycles. The average Bonchev–Trinajstić information content (AvgIpc) is 2.86. The number of carbonyl (C=O) groups excluding carboxylic acids is 2. The average molecular weight is 507 g/mol. The van der Waals surface area contributed by atoms with Crippen LogP contribution >= 0.6 is 0 Å². The van der Waals surface area contributed by atoms with Crippen LogP contribution in [0.15, 0.2) is 65.0 Å². The monoisotopic (exact) mass is 506 g/mol. The summed E-state index contributed by atoms with van der Waals surface area (Å²) in [6, 6.07) is 11.6. The Morgan fingerprint density at radius 1 is 1.03 bits per heavy atom. The summed E-state index contributed by atoms with van der Waals surface area (Å²) in [7, 11) is 3.14. The zero-order valence-electron chi connectivity index (χ0n) is 21.5. The van der Waals surface area contributed by atoms with E-state index >= 15 is 0 Å². The molecule has 2 aliphatic rings. The number of ketones is 1. The van der Waals surface area contributed by atoms with Gasteiger partial charge >= 0.3 is 5.97 Å². The summed E-state index contributed by atoms with van der Waals surface area (Å²) in [4.78, 5) is 37.6. The zero-order chi connectivity index (χ0) is 26.9. The number of nitro benzene ring substituents is 1. The summed E-state index contributed by atoms with van der Waals surface area (Å²) in [5.41, 5.74) is 3.64. The predicted molar refractivity (Wildman–Crippen MR) is 136 cm³/mol. The first-order valence-corrected chi connectivity index (χ1v) is 12.1. The molecule has 194 valence electrons. The van der Waals surface area contributed by atoms with Crippen molar-refractivity contribution in [3.05, 3.63) is 86.2 Å². The van der Waals surface area contributed by atoms with Gasteiger partial charge < -0.3 is 19.5 Å². The molecule has 1 N–H and O–H groups in total. The summed E-state index contributed by atoms with van der Waals surface area (Å²) in [5.74, 6) is -0.226. The van der Waals surface area contributed by atoms with Gasteiger partial charge in [-0.05, 0) is 56.4 Å². The number of hydrogen-bond acceptors (Lipinski definition) is 8. The highest BCUT2D eigenvalue weighted by Crippen LogP contribution is 2.46. The molecular formula is C28H30N2O7. The number of nitro groups is 1. The Labute approximate surface area is 215 Å². The lowest BCUT2D eigenvalue weighted by Crippen LogP contribution is -2.36. The maximum Gasteiger partial charge on any atom is 0.337 e. The Balaban J connectivity index is 1.78. The standard InChI is InChI=1S/C28H30N2O7/c1-15(2)37-28(32)25-16(3)29-21-12-19(18-8-11-23(35-4)24(14-18)36-5)13-22(31)27(21)26(25)17-6-9-20(10-7-17)30(33)34/h6-11,14-15,19,26,29H,12-13H2,1-5H3/t19-,26-/m1/s1. The van der Waals surface area contributed by atoms with Gasteiger partial charge in [-0.2, -0.15) is 0 Å². The van der Waals surface area contributed by atoms with E-state index in [1.807, 2.05) is 18.2 Å². The number of carbonyl (C=O) groups is 2. The molecule has 2 atom stereocenters. The van der Waals surface area contributed by atoms with Crippen molar-refractivity contribution in [2.75, 3.05) is 14.2 Å². The minimum Gasteiger partial charge on any atom is -0.493 e. The van der Waals surface area contributed by atoms with Gasteiger partial charge in [0.05, 0.1) is 30.8 Å². The molecule has 9 nitrogen and oxygen atoms in total. The fourth-order valence-corrected chi connectivity index (χ4v) is 5.05. The SMILES string of the molecule is COc1ccc([C@H]2CC(=O)C3=C(C2)NC(C)=C(C(=O)OC(C)C)[C@H]3c2ccc([N+](=O)[O-])cc2)cc1OC. The summed E-state index contributed by atoms with van der Waals surface area (Å²) < 4.78 is 16.3. The Morgan fingerprint density at radius 3 is 2.27 bits per heavy atom. The van der Waals surface area contributed by atoms with Crippen LogP contribution in [0.25, 0.3) is 0 Å². The highest BCUT2D eigenvalue weighted by molar-refractivity contribution is 6.04. The minimum absolute atomic E-state index is 0.0672. The molecule has 0 saturated heterocycles. The van der Waals surface area contributed by atoms with E-state index in [0.717, 1.165) is 11.3 Å². The number of esters is 1. The van der Waals surface area contributed by atoms with Gasteiger partial charge in [0.25, 0.3) is 5.69 Å². The van der Waals surface area contributed by atoms with Crippen LogP contribution in [0, 0.1) is 10.1 Å². The Kier molecular flexibility index (Phi) is 7.33. The lowest BCUT2D eigenvalue weighted by molar-refractivity contribution is -0.384. The minimum atomic E-state index is -0.692. The van der Waals surface area contributed by atoms with Crippen molar-refractivity contribution in [2.24, 2.45) is 0 Å². The first-order valence-electron chi connectivity index (χ1n) is 12.1.